The summed E-state index contributed by atoms with van der Waals surface area (Å²) in [5, 5.41) is 20.3. The fourth-order valence-electron chi connectivity index (χ4n) is 3.55. The minimum atomic E-state index is -0.679. The molecule has 0 atom stereocenters. The maximum Gasteiger partial charge on any atom is 0.243 e. The molecule has 31 heavy (non-hydrogen) atoms. The Kier molecular flexibility index (Phi) is 5.90. The summed E-state index contributed by atoms with van der Waals surface area (Å²) < 4.78 is 20.0. The number of phenols is 1. The number of ether oxygens (including phenoxy) is 1. The van der Waals surface area contributed by atoms with Crippen LogP contribution >= 0.6 is 0 Å². The Hall–Kier alpha value is -3.39. The second-order valence-corrected chi connectivity index (χ2v) is 8.05. The Morgan fingerprint density at radius 3 is 2.87 bits per heavy atom. The number of aromatic amines is 1. The van der Waals surface area contributed by atoms with Gasteiger partial charge >= 0.3 is 0 Å². The lowest BCUT2D eigenvalue weighted by Crippen LogP contribution is -2.48. The molecule has 1 aliphatic carbocycles. The number of rotatable bonds is 7. The van der Waals surface area contributed by atoms with E-state index in [1.54, 1.807) is 18.3 Å². The first-order chi connectivity index (χ1) is 14.9. The van der Waals surface area contributed by atoms with Crippen LogP contribution in [0.1, 0.15) is 12.8 Å². The second-order valence-electron chi connectivity index (χ2n) is 8.05. The Labute approximate surface area is 179 Å². The second kappa shape index (κ2) is 8.77. The van der Waals surface area contributed by atoms with Crippen LogP contribution in [0.15, 0.2) is 48.7 Å². The summed E-state index contributed by atoms with van der Waals surface area (Å²) in [5.41, 5.74) is 2.15. The number of halogens is 1. The van der Waals surface area contributed by atoms with Gasteiger partial charge in [-0.15, -0.1) is 0 Å². The molecule has 4 rings (SSSR count). The highest BCUT2D eigenvalue weighted by Gasteiger charge is 2.32. The van der Waals surface area contributed by atoms with Crippen LogP contribution in [0, 0.1) is 5.82 Å². The van der Waals surface area contributed by atoms with Gasteiger partial charge in [-0.2, -0.15) is 5.10 Å². The van der Waals surface area contributed by atoms with E-state index in [2.05, 4.69) is 15.5 Å². The molecule has 162 valence electrons. The number of aromatic nitrogens is 2. The number of H-pyrrole nitrogens is 1. The highest BCUT2D eigenvalue weighted by molar-refractivity contribution is 5.90. The number of carbonyl (C=O) groups excluding carboxylic acids is 1. The quantitative estimate of drug-likeness (QED) is 0.507. The maximum atomic E-state index is 13.8. The topological polar surface area (TPSA) is 90.5 Å². The number of carbonyl (C=O) groups is 1. The number of phenolic OH excluding ortho intramolecular Hbond substituents is 1. The molecule has 1 aliphatic rings. The van der Waals surface area contributed by atoms with Crippen LogP contribution in [-0.4, -0.2) is 58.9 Å². The number of fused-ring (bicyclic) bond motifs is 1. The molecule has 0 saturated heterocycles. The largest absolute Gasteiger partial charge is 0.505 e. The first-order valence-electron chi connectivity index (χ1n) is 10.1. The van der Waals surface area contributed by atoms with Gasteiger partial charge in [0.05, 0.1) is 17.1 Å². The van der Waals surface area contributed by atoms with E-state index >= 15 is 0 Å². The highest BCUT2D eigenvalue weighted by Crippen LogP contribution is 2.35. The SMILES string of the molecule is CN(C)C/C=C/C(=O)N[C@H]1C[C@H](Oc2cc(-c3ccc(O)c(F)c3)cc3[nH]ncc23)C1. The zero-order chi connectivity index (χ0) is 22.0. The van der Waals surface area contributed by atoms with Crippen molar-refractivity contribution in [2.45, 2.75) is 25.0 Å². The molecule has 2 aromatic carbocycles. The smallest absolute Gasteiger partial charge is 0.243 e. The van der Waals surface area contributed by atoms with Gasteiger partial charge in [0.15, 0.2) is 11.6 Å². The van der Waals surface area contributed by atoms with Gasteiger partial charge in [-0.1, -0.05) is 12.1 Å². The van der Waals surface area contributed by atoms with Gasteiger partial charge in [-0.3, -0.25) is 9.89 Å². The van der Waals surface area contributed by atoms with Gasteiger partial charge in [0.2, 0.25) is 5.91 Å². The van der Waals surface area contributed by atoms with E-state index < -0.39 is 5.82 Å². The van der Waals surface area contributed by atoms with Gasteiger partial charge in [-0.25, -0.2) is 4.39 Å². The minimum Gasteiger partial charge on any atom is -0.505 e. The molecule has 1 aromatic heterocycles. The van der Waals surface area contributed by atoms with E-state index in [4.69, 9.17) is 4.74 Å². The van der Waals surface area contributed by atoms with Crippen molar-refractivity contribution in [1.29, 1.82) is 0 Å². The van der Waals surface area contributed by atoms with Crippen LogP contribution < -0.4 is 10.1 Å². The Morgan fingerprint density at radius 1 is 1.32 bits per heavy atom. The monoisotopic (exact) mass is 424 g/mol. The molecular formula is C23H25FN4O3. The zero-order valence-electron chi connectivity index (χ0n) is 17.4. The number of aromatic hydroxyl groups is 1. The average Bonchev–Trinajstić information content (AvgIpc) is 3.17. The van der Waals surface area contributed by atoms with Crippen LogP contribution in [0.4, 0.5) is 4.39 Å². The summed E-state index contributed by atoms with van der Waals surface area (Å²) in [6.07, 6.45) is 6.48. The summed E-state index contributed by atoms with van der Waals surface area (Å²) in [6.45, 7) is 0.714. The third-order valence-corrected chi connectivity index (χ3v) is 5.28. The van der Waals surface area contributed by atoms with Crippen LogP contribution in [0.2, 0.25) is 0 Å². The normalized spacial score (nSPS) is 18.5. The predicted molar refractivity (Wildman–Crippen MR) is 116 cm³/mol. The summed E-state index contributed by atoms with van der Waals surface area (Å²) in [6, 6.07) is 8.06. The molecule has 1 amide bonds. The highest BCUT2D eigenvalue weighted by atomic mass is 19.1. The Morgan fingerprint density at radius 2 is 2.13 bits per heavy atom. The minimum absolute atomic E-state index is 0.0269. The van der Waals surface area contributed by atoms with E-state index in [0.717, 1.165) is 16.5 Å². The lowest BCUT2D eigenvalue weighted by molar-refractivity contribution is -0.118. The van der Waals surface area contributed by atoms with Crippen molar-refractivity contribution in [2.24, 2.45) is 0 Å². The number of nitrogens with zero attached hydrogens (tertiary/aromatic N) is 2. The fraction of sp³-hybridized carbons (Fsp3) is 0.304. The molecule has 7 nitrogen and oxygen atoms in total. The first kappa shape index (κ1) is 20.9. The molecule has 0 aliphatic heterocycles. The van der Waals surface area contributed by atoms with Crippen molar-refractivity contribution in [1.82, 2.24) is 20.4 Å². The Bertz CT molecular complexity index is 1120. The third-order valence-electron chi connectivity index (χ3n) is 5.28. The maximum absolute atomic E-state index is 13.8. The van der Waals surface area contributed by atoms with Crippen molar-refractivity contribution >= 4 is 16.8 Å². The third kappa shape index (κ3) is 4.86. The van der Waals surface area contributed by atoms with Crippen molar-refractivity contribution in [3.63, 3.8) is 0 Å². The Balaban J connectivity index is 1.42. The number of likely N-dealkylation sites (N-methyl/N-ethyl adjacent to an activating group) is 1. The molecular weight excluding hydrogens is 399 g/mol. The summed E-state index contributed by atoms with van der Waals surface area (Å²) >= 11 is 0. The van der Waals surface area contributed by atoms with E-state index in [0.29, 0.717) is 30.7 Å². The fourth-order valence-corrected chi connectivity index (χ4v) is 3.55. The standard InChI is InChI=1S/C23H25FN4O3/c1-28(2)7-3-4-23(30)26-16-11-17(12-16)31-22-10-15(9-20-18(22)13-25-27-20)14-5-6-21(29)19(24)8-14/h3-6,8-10,13,16-17,29H,7,11-12H2,1-2H3,(H,25,27)(H,26,30)/b4-3+/t16-,17-. The lowest BCUT2D eigenvalue weighted by atomic mass is 9.89. The number of hydrogen-bond donors (Lipinski definition) is 3. The molecule has 0 unspecified atom stereocenters. The van der Waals surface area contributed by atoms with E-state index in [9.17, 15) is 14.3 Å². The lowest BCUT2D eigenvalue weighted by Gasteiger charge is -2.35. The van der Waals surface area contributed by atoms with Gasteiger partial charge in [0.1, 0.15) is 11.9 Å². The molecule has 3 aromatic rings. The number of hydrogen-bond acceptors (Lipinski definition) is 5. The molecule has 8 heteroatoms. The molecule has 0 spiro atoms. The van der Waals surface area contributed by atoms with Crippen molar-refractivity contribution < 1.29 is 19.0 Å². The average molecular weight is 424 g/mol. The molecule has 0 bridgehead atoms. The van der Waals surface area contributed by atoms with E-state index in [-0.39, 0.29) is 23.8 Å². The number of amides is 1. The summed E-state index contributed by atoms with van der Waals surface area (Å²) in [4.78, 5) is 13.9. The number of nitrogens with one attached hydrogen (secondary N) is 2. The van der Waals surface area contributed by atoms with Gasteiger partial charge in [-0.05, 0) is 49.5 Å². The van der Waals surface area contributed by atoms with Crippen molar-refractivity contribution in [2.75, 3.05) is 20.6 Å². The number of benzene rings is 2. The van der Waals surface area contributed by atoms with Gasteiger partial charge in [0, 0.05) is 31.5 Å². The van der Waals surface area contributed by atoms with Crippen LogP contribution in [-0.2, 0) is 4.79 Å². The van der Waals surface area contributed by atoms with Crippen LogP contribution in [0.25, 0.3) is 22.0 Å². The molecule has 1 heterocycles. The predicted octanol–water partition coefficient (Wildman–Crippen LogP) is 3.22. The molecule has 1 fully saturated rings. The molecule has 3 N–H and O–H groups in total. The van der Waals surface area contributed by atoms with Crippen LogP contribution in [0.5, 0.6) is 11.5 Å². The summed E-state index contributed by atoms with van der Waals surface area (Å²) in [7, 11) is 3.89. The molecule has 1 saturated carbocycles. The van der Waals surface area contributed by atoms with Crippen molar-refractivity contribution in [3.05, 3.63) is 54.5 Å². The zero-order valence-corrected chi connectivity index (χ0v) is 17.4. The van der Waals surface area contributed by atoms with Gasteiger partial charge in [0.25, 0.3) is 0 Å². The van der Waals surface area contributed by atoms with E-state index in [1.807, 2.05) is 37.2 Å². The van der Waals surface area contributed by atoms with Crippen LogP contribution in [0.3, 0.4) is 0 Å². The van der Waals surface area contributed by atoms with E-state index in [1.165, 1.54) is 12.1 Å². The van der Waals surface area contributed by atoms with Gasteiger partial charge < -0.3 is 20.1 Å². The molecule has 0 radical (unpaired) electrons. The van der Waals surface area contributed by atoms with Crippen molar-refractivity contribution in [3.8, 4) is 22.6 Å². The summed E-state index contributed by atoms with van der Waals surface area (Å²) in [5.74, 6) is -0.516. The first-order valence-corrected chi connectivity index (χ1v) is 10.1.